The van der Waals surface area contributed by atoms with E-state index in [0.717, 1.165) is 0 Å². The molecule has 1 spiro atoms. The molecule has 5 nitrogen and oxygen atoms in total. The van der Waals surface area contributed by atoms with Gasteiger partial charge in [-0.2, -0.15) is 0 Å². The van der Waals surface area contributed by atoms with E-state index in [0.29, 0.717) is 23.7 Å². The third kappa shape index (κ3) is 1.91. The molecule has 108 valence electrons. The minimum absolute atomic E-state index is 0.318. The lowest BCUT2D eigenvalue weighted by Gasteiger charge is -2.42. The molecule has 1 atom stereocenters. The molecule has 0 bridgehead atoms. The fourth-order valence-electron chi connectivity index (χ4n) is 2.88. The molecule has 1 N–H and O–H groups in total. The van der Waals surface area contributed by atoms with Gasteiger partial charge in [0, 0.05) is 20.5 Å². The number of nitrogens with one attached hydrogen (secondary N) is 1. The second kappa shape index (κ2) is 4.09. The Labute approximate surface area is 117 Å². The van der Waals surface area contributed by atoms with Gasteiger partial charge in [-0.3, -0.25) is 4.99 Å². The number of ether oxygens (including phenoxy) is 1. The van der Waals surface area contributed by atoms with Crippen LogP contribution >= 0.6 is 0 Å². The van der Waals surface area contributed by atoms with Gasteiger partial charge in [-0.15, -0.1) is 0 Å². The zero-order chi connectivity index (χ0) is 14.5. The fraction of sp³-hybridized carbons (Fsp3) is 0.500. The van der Waals surface area contributed by atoms with Crippen LogP contribution in [-0.4, -0.2) is 30.7 Å². The van der Waals surface area contributed by atoms with Crippen LogP contribution in [0.15, 0.2) is 23.2 Å². The average Bonchev–Trinajstić information content (AvgIpc) is 2.66. The lowest BCUT2D eigenvalue weighted by molar-refractivity contribution is -0.199. The van der Waals surface area contributed by atoms with Gasteiger partial charge in [0.15, 0.2) is 0 Å². The van der Waals surface area contributed by atoms with Gasteiger partial charge < -0.3 is 10.1 Å². The van der Waals surface area contributed by atoms with Crippen molar-refractivity contribution in [2.75, 3.05) is 14.1 Å². The molecule has 6 heteroatoms. The summed E-state index contributed by atoms with van der Waals surface area (Å²) < 4.78 is 19.5. The number of hydrogen-bond donors (Lipinski definition) is 1. The number of hydrogen-bond acceptors (Lipinski definition) is 3. The molecule has 2 aliphatic heterocycles. The highest BCUT2D eigenvalue weighted by Crippen LogP contribution is 2.46. The Morgan fingerprint density at radius 1 is 1.40 bits per heavy atom. The number of guanidine groups is 1. The largest absolute Gasteiger partial charge is 0.487 e. The van der Waals surface area contributed by atoms with Crippen LogP contribution < -0.4 is 10.1 Å². The van der Waals surface area contributed by atoms with E-state index in [1.54, 1.807) is 25.2 Å². The molecule has 0 aromatic heterocycles. The van der Waals surface area contributed by atoms with Crippen LogP contribution in [0.1, 0.15) is 25.8 Å². The van der Waals surface area contributed by atoms with Crippen molar-refractivity contribution in [2.45, 2.75) is 31.6 Å². The van der Waals surface area contributed by atoms with Gasteiger partial charge in [-0.05, 0) is 32.0 Å². The molecule has 0 radical (unpaired) electrons. The zero-order valence-electron chi connectivity index (χ0n) is 12.0. The van der Waals surface area contributed by atoms with Gasteiger partial charge in [0.1, 0.15) is 17.2 Å². The molecule has 0 saturated carbocycles. The van der Waals surface area contributed by atoms with Crippen LogP contribution in [-0.2, 0) is 10.6 Å². The van der Waals surface area contributed by atoms with Crippen LogP contribution in [0.25, 0.3) is 0 Å². The highest BCUT2D eigenvalue weighted by molar-refractivity contribution is 5.81. The monoisotopic (exact) mass is 279 g/mol. The maximum Gasteiger partial charge on any atom is 0.220 e. The molecule has 0 amide bonds. The summed E-state index contributed by atoms with van der Waals surface area (Å²) in [6, 6.07) is 4.48. The molecule has 1 aromatic rings. The first-order valence-electron chi connectivity index (χ1n) is 6.52. The minimum Gasteiger partial charge on any atom is -0.487 e. The zero-order valence-corrected chi connectivity index (χ0v) is 12.0. The summed E-state index contributed by atoms with van der Waals surface area (Å²) in [4.78, 5) is 10.1. The van der Waals surface area contributed by atoms with Crippen molar-refractivity contribution in [3.05, 3.63) is 29.6 Å². The van der Waals surface area contributed by atoms with Crippen LogP contribution in [0.5, 0.6) is 5.75 Å². The Balaban J connectivity index is 2.14. The van der Waals surface area contributed by atoms with E-state index in [1.165, 1.54) is 12.1 Å². The number of aliphatic imine (C=N–C) groups is 1. The maximum atomic E-state index is 13.6. The third-order valence-corrected chi connectivity index (χ3v) is 3.55. The highest BCUT2D eigenvalue weighted by Gasteiger charge is 2.52. The molecule has 1 aromatic carbocycles. The molecule has 2 aliphatic rings. The summed E-state index contributed by atoms with van der Waals surface area (Å²) in [7, 11) is 3.45. The van der Waals surface area contributed by atoms with E-state index in [-0.39, 0.29) is 5.82 Å². The first kappa shape index (κ1) is 13.2. The van der Waals surface area contributed by atoms with E-state index in [9.17, 15) is 4.39 Å². The van der Waals surface area contributed by atoms with Gasteiger partial charge in [0.25, 0.3) is 0 Å². The number of halogens is 1. The summed E-state index contributed by atoms with van der Waals surface area (Å²) >= 11 is 0. The fourth-order valence-corrected chi connectivity index (χ4v) is 2.88. The molecular weight excluding hydrogens is 261 g/mol. The van der Waals surface area contributed by atoms with E-state index in [2.05, 4.69) is 10.3 Å². The topological polar surface area (TPSA) is 46.1 Å². The van der Waals surface area contributed by atoms with Crippen LogP contribution in [0.3, 0.4) is 0 Å². The molecule has 1 fully saturated rings. The molecule has 3 rings (SSSR count). The van der Waals surface area contributed by atoms with E-state index >= 15 is 0 Å². The molecule has 20 heavy (non-hydrogen) atoms. The standard InChI is InChI=1S/C14H18FN3O2/c1-13(2)8-14(17-12(16-3)18(4)20-14)10-7-9(15)5-6-11(10)19-13/h5-7H,8H2,1-4H3,(H,16,17). The van der Waals surface area contributed by atoms with Crippen LogP contribution in [0.2, 0.25) is 0 Å². The van der Waals surface area contributed by atoms with Crippen molar-refractivity contribution in [2.24, 2.45) is 4.99 Å². The van der Waals surface area contributed by atoms with Gasteiger partial charge >= 0.3 is 0 Å². The van der Waals surface area contributed by atoms with E-state index in [1.807, 2.05) is 13.8 Å². The number of fused-ring (bicyclic) bond motifs is 2. The van der Waals surface area contributed by atoms with E-state index < -0.39 is 11.3 Å². The lowest BCUT2D eigenvalue weighted by Crippen LogP contribution is -2.51. The molecule has 0 aliphatic carbocycles. The Kier molecular flexibility index (Phi) is 2.69. The predicted octanol–water partition coefficient (Wildman–Crippen LogP) is 1.99. The average molecular weight is 279 g/mol. The van der Waals surface area contributed by atoms with Gasteiger partial charge in [0.2, 0.25) is 11.7 Å². The quantitative estimate of drug-likeness (QED) is 0.789. The number of nitrogens with zero attached hydrogens (tertiary/aromatic N) is 2. The Morgan fingerprint density at radius 2 is 2.15 bits per heavy atom. The molecule has 1 unspecified atom stereocenters. The van der Waals surface area contributed by atoms with Crippen molar-refractivity contribution in [3.8, 4) is 5.75 Å². The van der Waals surface area contributed by atoms with Crippen LogP contribution in [0.4, 0.5) is 4.39 Å². The van der Waals surface area contributed by atoms with Gasteiger partial charge in [0.05, 0.1) is 5.56 Å². The second-order valence-electron chi connectivity index (χ2n) is 5.77. The Hall–Kier alpha value is -1.82. The third-order valence-electron chi connectivity index (χ3n) is 3.55. The van der Waals surface area contributed by atoms with Crippen molar-refractivity contribution < 1.29 is 14.0 Å². The SMILES string of the molecule is CN=C1NC2(CC(C)(C)Oc3ccc(F)cc32)ON1C. The maximum absolute atomic E-state index is 13.6. The number of hydroxylamine groups is 2. The van der Waals surface area contributed by atoms with Crippen molar-refractivity contribution >= 4 is 5.96 Å². The normalized spacial score (nSPS) is 29.2. The minimum atomic E-state index is -0.844. The van der Waals surface area contributed by atoms with Gasteiger partial charge in [-0.25, -0.2) is 14.3 Å². The van der Waals surface area contributed by atoms with Crippen molar-refractivity contribution in [1.29, 1.82) is 0 Å². The summed E-state index contributed by atoms with van der Waals surface area (Å²) in [5.41, 5.74) is -0.618. The van der Waals surface area contributed by atoms with Crippen molar-refractivity contribution in [1.82, 2.24) is 10.4 Å². The summed E-state index contributed by atoms with van der Waals surface area (Å²) in [6.07, 6.45) is 0.541. The van der Waals surface area contributed by atoms with Gasteiger partial charge in [-0.1, -0.05) is 0 Å². The van der Waals surface area contributed by atoms with E-state index in [4.69, 9.17) is 9.57 Å². The summed E-state index contributed by atoms with van der Waals surface area (Å²) in [5.74, 6) is 0.917. The smallest absolute Gasteiger partial charge is 0.220 e. The summed E-state index contributed by atoms with van der Waals surface area (Å²) in [6.45, 7) is 3.96. The predicted molar refractivity (Wildman–Crippen MR) is 72.7 cm³/mol. The Bertz CT molecular complexity index is 588. The second-order valence-corrected chi connectivity index (χ2v) is 5.77. The van der Waals surface area contributed by atoms with Crippen molar-refractivity contribution in [3.63, 3.8) is 0 Å². The number of rotatable bonds is 0. The Morgan fingerprint density at radius 3 is 2.80 bits per heavy atom. The highest BCUT2D eigenvalue weighted by atomic mass is 19.1. The first-order valence-corrected chi connectivity index (χ1v) is 6.52. The molecule has 1 saturated heterocycles. The van der Waals surface area contributed by atoms with Crippen LogP contribution in [0, 0.1) is 5.82 Å². The number of benzene rings is 1. The molecule has 2 heterocycles. The lowest BCUT2D eigenvalue weighted by atomic mass is 9.86. The first-order chi connectivity index (χ1) is 9.35. The molecular formula is C14H18FN3O2. The summed E-state index contributed by atoms with van der Waals surface area (Å²) in [5, 5.41) is 4.82.